The molecule has 0 amide bonds. The molecule has 0 aromatic heterocycles. The zero-order valence-corrected chi connectivity index (χ0v) is 9.58. The number of aliphatic carboxylic acids is 1. The van der Waals surface area contributed by atoms with Crippen LogP contribution >= 0.6 is 0 Å². The summed E-state index contributed by atoms with van der Waals surface area (Å²) < 4.78 is 0. The largest absolute Gasteiger partial charge is 0.481 e. The number of unbranched alkanes of at least 4 members (excludes halogenated alkanes) is 6. The zero-order chi connectivity index (χ0) is 11.4. The van der Waals surface area contributed by atoms with E-state index in [0.29, 0.717) is 6.42 Å². The minimum absolute atomic E-state index is 0.323. The standard InChI is InChI=1S/C13H23O2/c1-2-3-4-5-6-7-8-9-10-11-12-13(14)15/h4-5H,1-3,6-12H2,(H,14,15)/q-1/b5-4-. The summed E-state index contributed by atoms with van der Waals surface area (Å²) in [6, 6.07) is 0. The molecule has 0 saturated heterocycles. The Balaban J connectivity index is 3.01. The second kappa shape index (κ2) is 11.3. The van der Waals surface area contributed by atoms with Crippen molar-refractivity contribution in [1.82, 2.24) is 0 Å². The molecule has 0 aromatic carbocycles. The van der Waals surface area contributed by atoms with E-state index in [4.69, 9.17) is 5.11 Å². The van der Waals surface area contributed by atoms with Gasteiger partial charge in [0.15, 0.2) is 0 Å². The van der Waals surface area contributed by atoms with Crippen molar-refractivity contribution in [2.45, 2.75) is 57.8 Å². The smallest absolute Gasteiger partial charge is 0.303 e. The summed E-state index contributed by atoms with van der Waals surface area (Å²) in [5.74, 6) is -0.675. The second-order valence-electron chi connectivity index (χ2n) is 3.81. The highest BCUT2D eigenvalue weighted by Gasteiger charge is 1.95. The van der Waals surface area contributed by atoms with Crippen molar-refractivity contribution in [3.63, 3.8) is 0 Å². The van der Waals surface area contributed by atoms with Crippen LogP contribution in [0.4, 0.5) is 0 Å². The molecule has 15 heavy (non-hydrogen) atoms. The topological polar surface area (TPSA) is 37.3 Å². The monoisotopic (exact) mass is 211 g/mol. The van der Waals surface area contributed by atoms with Gasteiger partial charge in [-0.15, -0.1) is 0 Å². The molecular formula is C13H23O2-. The van der Waals surface area contributed by atoms with Gasteiger partial charge in [-0.25, -0.2) is 0 Å². The summed E-state index contributed by atoms with van der Waals surface area (Å²) in [6.45, 7) is 3.77. The fourth-order valence-corrected chi connectivity index (χ4v) is 1.42. The number of allylic oxidation sites excluding steroid dienone is 2. The third kappa shape index (κ3) is 13.2. The first-order valence-corrected chi connectivity index (χ1v) is 5.93. The van der Waals surface area contributed by atoms with Gasteiger partial charge in [0.05, 0.1) is 0 Å². The quantitative estimate of drug-likeness (QED) is 0.337. The molecule has 0 atom stereocenters. The highest BCUT2D eigenvalue weighted by atomic mass is 16.4. The number of carboxylic acids is 1. The fraction of sp³-hybridized carbons (Fsp3) is 0.692. The third-order valence-electron chi connectivity index (χ3n) is 2.30. The number of hydrogen-bond acceptors (Lipinski definition) is 1. The van der Waals surface area contributed by atoms with Crippen LogP contribution in [0.1, 0.15) is 57.8 Å². The van der Waals surface area contributed by atoms with Crippen molar-refractivity contribution in [3.8, 4) is 0 Å². The van der Waals surface area contributed by atoms with Gasteiger partial charge in [-0.3, -0.25) is 4.79 Å². The Morgan fingerprint density at radius 2 is 1.60 bits per heavy atom. The summed E-state index contributed by atoms with van der Waals surface area (Å²) >= 11 is 0. The van der Waals surface area contributed by atoms with Crippen LogP contribution < -0.4 is 0 Å². The van der Waals surface area contributed by atoms with Crippen LogP contribution in [0.2, 0.25) is 0 Å². The minimum Gasteiger partial charge on any atom is -0.481 e. The van der Waals surface area contributed by atoms with Crippen LogP contribution in [-0.4, -0.2) is 11.1 Å². The number of carboxylic acid groups (broad SMARTS) is 1. The van der Waals surface area contributed by atoms with Crippen molar-refractivity contribution in [1.29, 1.82) is 0 Å². The van der Waals surface area contributed by atoms with Crippen LogP contribution in [0.3, 0.4) is 0 Å². The van der Waals surface area contributed by atoms with E-state index in [9.17, 15) is 4.79 Å². The SMILES string of the molecule is [CH2-]CC/C=C\CCCCCCCC(=O)O. The van der Waals surface area contributed by atoms with Gasteiger partial charge in [-0.2, -0.15) is 6.42 Å². The minimum atomic E-state index is -0.675. The molecule has 1 N–H and O–H groups in total. The highest BCUT2D eigenvalue weighted by Crippen LogP contribution is 2.07. The molecule has 0 radical (unpaired) electrons. The van der Waals surface area contributed by atoms with E-state index in [1.807, 2.05) is 0 Å². The van der Waals surface area contributed by atoms with Gasteiger partial charge < -0.3 is 12.0 Å². The maximum absolute atomic E-state index is 10.2. The average Bonchev–Trinajstić information content (AvgIpc) is 2.20. The molecule has 0 unspecified atom stereocenters. The molecule has 0 aromatic rings. The first-order valence-electron chi connectivity index (χ1n) is 5.93. The normalized spacial score (nSPS) is 11.0. The average molecular weight is 211 g/mol. The summed E-state index contributed by atoms with van der Waals surface area (Å²) in [7, 11) is 0. The molecule has 0 aliphatic carbocycles. The number of hydrogen-bond donors (Lipinski definition) is 1. The lowest BCUT2D eigenvalue weighted by atomic mass is 10.1. The van der Waals surface area contributed by atoms with E-state index in [-0.39, 0.29) is 0 Å². The summed E-state index contributed by atoms with van der Waals surface area (Å²) in [5, 5.41) is 8.42. The lowest BCUT2D eigenvalue weighted by Crippen LogP contribution is -1.93. The van der Waals surface area contributed by atoms with Crippen LogP contribution in [0.15, 0.2) is 12.2 Å². The van der Waals surface area contributed by atoms with E-state index in [1.165, 1.54) is 12.8 Å². The summed E-state index contributed by atoms with van der Waals surface area (Å²) in [6.07, 6.45) is 13.4. The van der Waals surface area contributed by atoms with Gasteiger partial charge in [0.25, 0.3) is 0 Å². The molecule has 0 fully saturated rings. The van der Waals surface area contributed by atoms with Crippen molar-refractivity contribution in [2.75, 3.05) is 0 Å². The molecule has 0 heterocycles. The van der Waals surface area contributed by atoms with E-state index in [1.54, 1.807) is 0 Å². The fourth-order valence-electron chi connectivity index (χ4n) is 1.42. The van der Waals surface area contributed by atoms with Gasteiger partial charge in [0, 0.05) is 6.42 Å². The Morgan fingerprint density at radius 1 is 1.00 bits per heavy atom. The maximum atomic E-state index is 10.2. The van der Waals surface area contributed by atoms with Gasteiger partial charge in [0.1, 0.15) is 0 Å². The Hall–Kier alpha value is -0.790. The number of carbonyl (C=O) groups is 1. The van der Waals surface area contributed by atoms with Crippen molar-refractivity contribution in [2.24, 2.45) is 0 Å². The Morgan fingerprint density at radius 3 is 2.27 bits per heavy atom. The van der Waals surface area contributed by atoms with Gasteiger partial charge in [0.2, 0.25) is 0 Å². The molecule has 0 bridgehead atoms. The van der Waals surface area contributed by atoms with Crippen molar-refractivity contribution >= 4 is 5.97 Å². The molecule has 0 aliphatic heterocycles. The molecule has 0 aliphatic rings. The van der Waals surface area contributed by atoms with Gasteiger partial charge in [-0.1, -0.05) is 37.8 Å². The molecule has 0 spiro atoms. The number of rotatable bonds is 10. The van der Waals surface area contributed by atoms with Crippen molar-refractivity contribution in [3.05, 3.63) is 19.1 Å². The Bertz CT molecular complexity index is 173. The van der Waals surface area contributed by atoms with Gasteiger partial charge >= 0.3 is 5.97 Å². The van der Waals surface area contributed by atoms with E-state index in [0.717, 1.165) is 38.5 Å². The Labute approximate surface area is 93.4 Å². The van der Waals surface area contributed by atoms with E-state index in [2.05, 4.69) is 19.1 Å². The van der Waals surface area contributed by atoms with Gasteiger partial charge in [-0.05, 0) is 19.3 Å². The molecule has 2 heteroatoms. The third-order valence-corrected chi connectivity index (χ3v) is 2.30. The maximum Gasteiger partial charge on any atom is 0.303 e. The van der Waals surface area contributed by atoms with Crippen molar-refractivity contribution < 1.29 is 9.90 Å². The highest BCUT2D eigenvalue weighted by molar-refractivity contribution is 5.66. The van der Waals surface area contributed by atoms with Crippen LogP contribution in [0, 0.1) is 6.92 Å². The lowest BCUT2D eigenvalue weighted by Gasteiger charge is -1.98. The van der Waals surface area contributed by atoms with Crippen LogP contribution in [0.25, 0.3) is 0 Å². The van der Waals surface area contributed by atoms with Crippen LogP contribution in [0.5, 0.6) is 0 Å². The summed E-state index contributed by atoms with van der Waals surface area (Å²) in [5.41, 5.74) is 0. The van der Waals surface area contributed by atoms with E-state index >= 15 is 0 Å². The predicted molar refractivity (Wildman–Crippen MR) is 63.7 cm³/mol. The van der Waals surface area contributed by atoms with E-state index < -0.39 is 5.97 Å². The molecular weight excluding hydrogens is 188 g/mol. The lowest BCUT2D eigenvalue weighted by molar-refractivity contribution is -0.137. The summed E-state index contributed by atoms with van der Waals surface area (Å²) in [4.78, 5) is 10.2. The molecule has 0 saturated carbocycles. The molecule has 0 rings (SSSR count). The van der Waals surface area contributed by atoms with Crippen LogP contribution in [-0.2, 0) is 4.79 Å². The first-order chi connectivity index (χ1) is 7.27. The second-order valence-corrected chi connectivity index (χ2v) is 3.81. The molecule has 88 valence electrons. The first kappa shape index (κ1) is 14.2. The predicted octanol–water partition coefficient (Wildman–Crippen LogP) is 3.97. The molecule has 2 nitrogen and oxygen atoms in total. The Kier molecular flexibility index (Phi) is 10.7. The zero-order valence-electron chi connectivity index (χ0n) is 9.58.